The molecule has 0 amide bonds. The third-order valence-electron chi connectivity index (χ3n) is 3.40. The third-order valence-corrected chi connectivity index (χ3v) is 4.06. The van der Waals surface area contributed by atoms with E-state index in [-0.39, 0.29) is 0 Å². The van der Waals surface area contributed by atoms with Gasteiger partial charge in [-0.2, -0.15) is 0 Å². The first-order valence-corrected chi connectivity index (χ1v) is 7.56. The summed E-state index contributed by atoms with van der Waals surface area (Å²) in [5, 5.41) is 3.24. The molecule has 1 aromatic carbocycles. The fourth-order valence-corrected chi connectivity index (χ4v) is 2.94. The number of hydrogen-bond acceptors (Lipinski definition) is 2. The Hall–Kier alpha value is -1.07. The summed E-state index contributed by atoms with van der Waals surface area (Å²) in [5.41, 5.74) is 4.84. The van der Waals surface area contributed by atoms with Gasteiger partial charge in [-0.05, 0) is 53.4 Å². The summed E-state index contributed by atoms with van der Waals surface area (Å²) in [6.07, 6.45) is 6.17. The van der Waals surface area contributed by atoms with Crippen molar-refractivity contribution in [3.8, 4) is 0 Å². The molecule has 0 saturated heterocycles. The first kappa shape index (κ1) is 14.3. The standard InChI is InChI=1S/C14H21BrN4/c1-10-7-8-13(12(15)9-10)18-14(19-16)17-11-5-3-2-4-6-11/h7-9,11H,2-6,16H2,1H3,(H2,17,18,19). The van der Waals surface area contributed by atoms with Crippen molar-refractivity contribution in [3.63, 3.8) is 0 Å². The van der Waals surface area contributed by atoms with E-state index in [1.54, 1.807) is 0 Å². The number of guanidine groups is 1. The van der Waals surface area contributed by atoms with Crippen LogP contribution in [0.4, 0.5) is 5.69 Å². The highest BCUT2D eigenvalue weighted by Crippen LogP contribution is 2.24. The van der Waals surface area contributed by atoms with Gasteiger partial charge in [-0.15, -0.1) is 0 Å². The molecule has 0 atom stereocenters. The minimum Gasteiger partial charge on any atom is -0.324 e. The number of aryl methyl sites for hydroxylation is 1. The van der Waals surface area contributed by atoms with Crippen LogP contribution in [0.5, 0.6) is 0 Å². The van der Waals surface area contributed by atoms with Gasteiger partial charge in [0.2, 0.25) is 5.96 Å². The number of anilines is 1. The van der Waals surface area contributed by atoms with Crippen molar-refractivity contribution in [3.05, 3.63) is 28.2 Å². The predicted molar refractivity (Wildman–Crippen MR) is 84.1 cm³/mol. The van der Waals surface area contributed by atoms with E-state index >= 15 is 0 Å². The minimum absolute atomic E-state index is 0.386. The smallest absolute Gasteiger partial charge is 0.210 e. The van der Waals surface area contributed by atoms with E-state index in [0.29, 0.717) is 12.0 Å². The number of hydrazine groups is 1. The summed E-state index contributed by atoms with van der Waals surface area (Å²) in [7, 11) is 0. The zero-order valence-corrected chi connectivity index (χ0v) is 12.8. The van der Waals surface area contributed by atoms with Crippen molar-refractivity contribution < 1.29 is 0 Å². The molecule has 1 aliphatic rings. The molecule has 0 heterocycles. The summed E-state index contributed by atoms with van der Waals surface area (Å²) in [6, 6.07) is 6.53. The lowest BCUT2D eigenvalue weighted by Crippen LogP contribution is -2.37. The van der Waals surface area contributed by atoms with Gasteiger partial charge in [0.05, 0.1) is 11.7 Å². The molecule has 104 valence electrons. The van der Waals surface area contributed by atoms with Crippen molar-refractivity contribution in [1.82, 2.24) is 5.43 Å². The van der Waals surface area contributed by atoms with E-state index in [0.717, 1.165) is 23.0 Å². The minimum atomic E-state index is 0.386. The van der Waals surface area contributed by atoms with Crippen LogP contribution in [0.3, 0.4) is 0 Å². The van der Waals surface area contributed by atoms with Crippen LogP contribution < -0.4 is 16.6 Å². The molecule has 19 heavy (non-hydrogen) atoms. The van der Waals surface area contributed by atoms with E-state index in [9.17, 15) is 0 Å². The molecular weight excluding hydrogens is 304 g/mol. The quantitative estimate of drug-likeness (QED) is 0.338. The van der Waals surface area contributed by atoms with Crippen molar-refractivity contribution in [2.45, 2.75) is 45.1 Å². The fourth-order valence-electron chi connectivity index (χ4n) is 2.35. The van der Waals surface area contributed by atoms with Crippen molar-refractivity contribution in [2.75, 3.05) is 5.32 Å². The van der Waals surface area contributed by atoms with Crippen LogP contribution in [0.25, 0.3) is 0 Å². The molecule has 5 heteroatoms. The summed E-state index contributed by atoms with van der Waals surface area (Å²) in [4.78, 5) is 4.66. The molecule has 1 saturated carbocycles. The summed E-state index contributed by atoms with van der Waals surface area (Å²) < 4.78 is 1.01. The summed E-state index contributed by atoms with van der Waals surface area (Å²) in [6.45, 7) is 2.06. The highest BCUT2D eigenvalue weighted by molar-refractivity contribution is 9.10. The second-order valence-electron chi connectivity index (χ2n) is 5.02. The average Bonchev–Trinajstić information content (AvgIpc) is 2.42. The molecule has 1 aromatic rings. The average molecular weight is 325 g/mol. The molecule has 0 radical (unpaired) electrons. The number of benzene rings is 1. The van der Waals surface area contributed by atoms with Gasteiger partial charge in [-0.1, -0.05) is 25.3 Å². The van der Waals surface area contributed by atoms with Crippen LogP contribution in [0.2, 0.25) is 0 Å². The lowest BCUT2D eigenvalue weighted by molar-refractivity contribution is 0.442. The molecular formula is C14H21BrN4. The van der Waals surface area contributed by atoms with Crippen LogP contribution >= 0.6 is 15.9 Å². The summed E-state index contributed by atoms with van der Waals surface area (Å²) >= 11 is 3.54. The second kappa shape index (κ2) is 6.91. The molecule has 1 aliphatic carbocycles. The van der Waals surface area contributed by atoms with Gasteiger partial charge in [-0.3, -0.25) is 5.43 Å². The molecule has 4 N–H and O–H groups in total. The van der Waals surface area contributed by atoms with Crippen LogP contribution in [-0.2, 0) is 0 Å². The molecule has 0 spiro atoms. The van der Waals surface area contributed by atoms with Gasteiger partial charge in [0, 0.05) is 4.47 Å². The second-order valence-corrected chi connectivity index (χ2v) is 5.88. The number of nitrogens with zero attached hydrogens (tertiary/aromatic N) is 1. The third kappa shape index (κ3) is 4.21. The predicted octanol–water partition coefficient (Wildman–Crippen LogP) is 3.32. The SMILES string of the molecule is Cc1ccc(NC(=NC2CCCCC2)NN)c(Br)c1. The Labute approximate surface area is 123 Å². The van der Waals surface area contributed by atoms with Crippen molar-refractivity contribution >= 4 is 27.6 Å². The maximum atomic E-state index is 5.56. The Kier molecular flexibility index (Phi) is 5.22. The number of rotatable bonds is 2. The maximum absolute atomic E-state index is 5.56. The Morgan fingerprint density at radius 1 is 1.32 bits per heavy atom. The van der Waals surface area contributed by atoms with Crippen LogP contribution in [-0.4, -0.2) is 12.0 Å². The Balaban J connectivity index is 2.07. The lowest BCUT2D eigenvalue weighted by atomic mass is 9.96. The Morgan fingerprint density at radius 2 is 2.05 bits per heavy atom. The molecule has 0 aliphatic heterocycles. The molecule has 0 aromatic heterocycles. The number of nitrogens with one attached hydrogen (secondary N) is 2. The molecule has 2 rings (SSSR count). The van der Waals surface area contributed by atoms with E-state index in [2.05, 4.69) is 50.7 Å². The summed E-state index contributed by atoms with van der Waals surface area (Å²) in [5.74, 6) is 6.19. The van der Waals surface area contributed by atoms with Gasteiger partial charge in [0.1, 0.15) is 0 Å². The zero-order valence-electron chi connectivity index (χ0n) is 11.2. The van der Waals surface area contributed by atoms with Crippen LogP contribution in [0.15, 0.2) is 27.7 Å². The molecule has 0 bridgehead atoms. The largest absolute Gasteiger partial charge is 0.324 e. The van der Waals surface area contributed by atoms with Gasteiger partial charge in [-0.25, -0.2) is 10.8 Å². The first-order chi connectivity index (χ1) is 9.19. The monoisotopic (exact) mass is 324 g/mol. The maximum Gasteiger partial charge on any atom is 0.210 e. The van der Waals surface area contributed by atoms with Crippen molar-refractivity contribution in [1.29, 1.82) is 0 Å². The highest BCUT2D eigenvalue weighted by atomic mass is 79.9. The topological polar surface area (TPSA) is 62.4 Å². The molecule has 1 fully saturated rings. The van der Waals surface area contributed by atoms with E-state index in [4.69, 9.17) is 5.84 Å². The van der Waals surface area contributed by atoms with Crippen molar-refractivity contribution in [2.24, 2.45) is 10.8 Å². The highest BCUT2D eigenvalue weighted by Gasteiger charge is 2.13. The van der Waals surface area contributed by atoms with Crippen LogP contribution in [0, 0.1) is 6.92 Å². The number of halogens is 1. The van der Waals surface area contributed by atoms with Gasteiger partial charge in [0.15, 0.2) is 0 Å². The van der Waals surface area contributed by atoms with Gasteiger partial charge in [0.25, 0.3) is 0 Å². The number of hydrogen-bond donors (Lipinski definition) is 3. The van der Waals surface area contributed by atoms with Gasteiger partial charge >= 0.3 is 0 Å². The van der Waals surface area contributed by atoms with E-state index in [1.807, 2.05) is 6.07 Å². The molecule has 0 unspecified atom stereocenters. The number of aliphatic imine (C=N–C) groups is 1. The van der Waals surface area contributed by atoms with E-state index < -0.39 is 0 Å². The Bertz CT molecular complexity index is 453. The molecule has 4 nitrogen and oxygen atoms in total. The van der Waals surface area contributed by atoms with Crippen LogP contribution in [0.1, 0.15) is 37.7 Å². The Morgan fingerprint density at radius 3 is 2.68 bits per heavy atom. The van der Waals surface area contributed by atoms with Gasteiger partial charge < -0.3 is 5.32 Å². The first-order valence-electron chi connectivity index (χ1n) is 6.76. The normalized spacial score (nSPS) is 17.3. The number of nitrogens with two attached hydrogens (primary N) is 1. The zero-order chi connectivity index (χ0) is 13.7. The fraction of sp³-hybridized carbons (Fsp3) is 0.500. The lowest BCUT2D eigenvalue weighted by Gasteiger charge is -2.20. The van der Waals surface area contributed by atoms with E-state index in [1.165, 1.54) is 24.8 Å².